The summed E-state index contributed by atoms with van der Waals surface area (Å²) in [5, 5.41) is 13.7. The predicted octanol–water partition coefficient (Wildman–Crippen LogP) is -0.506. The Morgan fingerprint density at radius 1 is 1.34 bits per heavy atom. The lowest BCUT2D eigenvalue weighted by atomic mass is 10.2. The van der Waals surface area contributed by atoms with E-state index in [1.807, 2.05) is 4.72 Å². The Morgan fingerprint density at radius 3 is 2.56 bits per heavy atom. The molecule has 0 aromatic heterocycles. The molecule has 1 aromatic rings. The van der Waals surface area contributed by atoms with Crippen LogP contribution in [0.5, 0.6) is 0 Å². The van der Waals surface area contributed by atoms with E-state index in [1.54, 1.807) is 6.92 Å². The number of sulfone groups is 1. The zero-order valence-corrected chi connectivity index (χ0v) is 19.1. The second-order valence-electron chi connectivity index (χ2n) is 6.91. The molecule has 1 aromatic carbocycles. The van der Waals surface area contributed by atoms with Gasteiger partial charge in [-0.15, -0.1) is 0 Å². The lowest BCUT2D eigenvalue weighted by molar-refractivity contribution is -0.384. The van der Waals surface area contributed by atoms with Gasteiger partial charge in [0.1, 0.15) is 12.2 Å². The average Bonchev–Trinajstić information content (AvgIpc) is 3.09. The van der Waals surface area contributed by atoms with Crippen molar-refractivity contribution >= 4 is 43.1 Å². The first-order valence-electron chi connectivity index (χ1n) is 9.51. The molecule has 0 saturated carbocycles. The van der Waals surface area contributed by atoms with Crippen LogP contribution in [0.1, 0.15) is 13.3 Å². The number of anilines is 1. The number of rotatable bonds is 10. The van der Waals surface area contributed by atoms with Crippen LogP contribution >= 0.6 is 0 Å². The Kier molecular flexibility index (Phi) is 8.14. The van der Waals surface area contributed by atoms with Crippen molar-refractivity contribution in [1.29, 1.82) is 0 Å². The third kappa shape index (κ3) is 6.37. The molecule has 0 spiro atoms. The molecule has 0 radical (unpaired) electrons. The van der Waals surface area contributed by atoms with Crippen LogP contribution < -0.4 is 10.0 Å². The summed E-state index contributed by atoms with van der Waals surface area (Å²) in [6.07, 6.45) is 0.300. The van der Waals surface area contributed by atoms with E-state index in [1.165, 1.54) is 18.0 Å². The molecule has 1 heterocycles. The van der Waals surface area contributed by atoms with Gasteiger partial charge in [0.05, 0.1) is 21.3 Å². The van der Waals surface area contributed by atoms with Gasteiger partial charge in [0, 0.05) is 25.7 Å². The first-order valence-corrected chi connectivity index (χ1v) is 12.8. The zero-order valence-electron chi connectivity index (χ0n) is 17.4. The minimum absolute atomic E-state index is 0.0174. The summed E-state index contributed by atoms with van der Waals surface area (Å²) in [6, 6.07) is 2.69. The molecule has 15 heteroatoms. The number of benzene rings is 1. The molecule has 2 rings (SSSR count). The van der Waals surface area contributed by atoms with Crippen molar-refractivity contribution in [2.75, 3.05) is 43.6 Å². The summed E-state index contributed by atoms with van der Waals surface area (Å²) in [5.41, 5.74) is -0.348. The fraction of sp³-hybridized carbons (Fsp3) is 0.529. The highest BCUT2D eigenvalue weighted by Crippen LogP contribution is 2.27. The first kappa shape index (κ1) is 25.5. The molecule has 1 unspecified atom stereocenters. The van der Waals surface area contributed by atoms with Crippen molar-refractivity contribution < 1.29 is 36.1 Å². The van der Waals surface area contributed by atoms with Crippen molar-refractivity contribution in [3.8, 4) is 0 Å². The molecule has 1 aliphatic heterocycles. The molecule has 178 valence electrons. The van der Waals surface area contributed by atoms with E-state index >= 15 is 0 Å². The second-order valence-corrected chi connectivity index (χ2v) is 10.9. The Bertz CT molecular complexity index is 1100. The number of likely N-dealkylation sites (N-methyl/N-ethyl adjacent to an activating group) is 1. The number of carbonyl (C=O) groups excluding carboxylic acids is 2. The number of hydrogen-bond donors (Lipinski definition) is 2. The summed E-state index contributed by atoms with van der Waals surface area (Å²) in [5.74, 6) is -1.81. The lowest BCUT2D eigenvalue weighted by Gasteiger charge is -2.26. The van der Waals surface area contributed by atoms with Crippen molar-refractivity contribution in [1.82, 2.24) is 9.62 Å². The molecular weight excluding hydrogens is 468 g/mol. The maximum absolute atomic E-state index is 12.3. The number of nitro groups is 1. The number of hydrogen-bond acceptors (Lipinski definition) is 10. The number of sulfonamides is 1. The second kappa shape index (κ2) is 10.2. The molecule has 1 saturated heterocycles. The molecule has 13 nitrogen and oxygen atoms in total. The number of amides is 1. The molecule has 0 bridgehead atoms. The van der Waals surface area contributed by atoms with Gasteiger partial charge in [-0.2, -0.15) is 4.72 Å². The third-order valence-electron chi connectivity index (χ3n) is 4.82. The van der Waals surface area contributed by atoms with Gasteiger partial charge in [-0.25, -0.2) is 16.8 Å². The molecule has 1 fully saturated rings. The van der Waals surface area contributed by atoms with Gasteiger partial charge in [0.25, 0.3) is 11.6 Å². The van der Waals surface area contributed by atoms with Gasteiger partial charge in [-0.3, -0.25) is 19.7 Å². The minimum Gasteiger partial charge on any atom is -0.455 e. The highest BCUT2D eigenvalue weighted by atomic mass is 32.2. The maximum atomic E-state index is 12.3. The van der Waals surface area contributed by atoms with Crippen LogP contribution in [0.25, 0.3) is 0 Å². The van der Waals surface area contributed by atoms with Crippen LogP contribution in [0.15, 0.2) is 23.1 Å². The largest absolute Gasteiger partial charge is 0.455 e. The standard InChI is InChI=1S/C17H24N4O9S2/c1-3-20(12-6-7-31(26,27)11-12)16(22)10-30-17(23)9-19-32(28,29)13-4-5-14(18-2)15(8-13)21(24)25/h4-5,8,12,18-19H,3,6-7,9-11H2,1-2H3. The molecule has 1 aliphatic rings. The van der Waals surface area contributed by atoms with Crippen LogP contribution in [-0.4, -0.2) is 82.8 Å². The summed E-state index contributed by atoms with van der Waals surface area (Å²) in [4.78, 5) is 35.4. The van der Waals surface area contributed by atoms with E-state index in [-0.39, 0.29) is 23.7 Å². The number of carbonyl (C=O) groups is 2. The normalized spacial score (nSPS) is 17.5. The minimum atomic E-state index is -4.27. The maximum Gasteiger partial charge on any atom is 0.321 e. The Balaban J connectivity index is 1.94. The number of nitrogens with one attached hydrogen (secondary N) is 2. The fourth-order valence-corrected chi connectivity index (χ4v) is 5.93. The van der Waals surface area contributed by atoms with Crippen LogP contribution in [0.4, 0.5) is 11.4 Å². The highest BCUT2D eigenvalue weighted by Gasteiger charge is 2.34. The zero-order chi connectivity index (χ0) is 24.1. The van der Waals surface area contributed by atoms with Gasteiger partial charge in [-0.1, -0.05) is 0 Å². The van der Waals surface area contributed by atoms with E-state index < -0.39 is 66.4 Å². The number of esters is 1. The number of nitro benzene ring substituents is 1. The van der Waals surface area contributed by atoms with Gasteiger partial charge in [0.15, 0.2) is 16.4 Å². The average molecular weight is 493 g/mol. The van der Waals surface area contributed by atoms with E-state index in [0.717, 1.165) is 12.1 Å². The Hall–Kier alpha value is -2.78. The summed E-state index contributed by atoms with van der Waals surface area (Å²) in [6.45, 7) is 0.413. The molecule has 32 heavy (non-hydrogen) atoms. The molecule has 2 N–H and O–H groups in total. The SMILES string of the molecule is CCN(C(=O)COC(=O)CNS(=O)(=O)c1ccc(NC)c([N+](=O)[O-])c1)C1CCS(=O)(=O)C1. The molecule has 1 amide bonds. The van der Waals surface area contributed by atoms with E-state index in [0.29, 0.717) is 6.42 Å². The summed E-state index contributed by atoms with van der Waals surface area (Å²) >= 11 is 0. The van der Waals surface area contributed by atoms with Gasteiger partial charge < -0.3 is 15.0 Å². The fourth-order valence-electron chi connectivity index (χ4n) is 3.21. The monoisotopic (exact) mass is 492 g/mol. The van der Waals surface area contributed by atoms with Gasteiger partial charge in [-0.05, 0) is 25.5 Å². The van der Waals surface area contributed by atoms with E-state index in [4.69, 9.17) is 4.74 Å². The van der Waals surface area contributed by atoms with Crippen LogP contribution in [0, 0.1) is 10.1 Å². The molecule has 1 atom stereocenters. The van der Waals surface area contributed by atoms with Crippen molar-refractivity contribution in [2.45, 2.75) is 24.3 Å². The highest BCUT2D eigenvalue weighted by molar-refractivity contribution is 7.91. The van der Waals surface area contributed by atoms with Crippen LogP contribution in [0.2, 0.25) is 0 Å². The first-order chi connectivity index (χ1) is 14.9. The van der Waals surface area contributed by atoms with Gasteiger partial charge >= 0.3 is 5.97 Å². The Labute approximate surface area is 185 Å². The van der Waals surface area contributed by atoms with Crippen molar-refractivity contribution in [2.24, 2.45) is 0 Å². The third-order valence-corrected chi connectivity index (χ3v) is 7.97. The summed E-state index contributed by atoms with van der Waals surface area (Å²) in [7, 11) is -6.03. The van der Waals surface area contributed by atoms with Crippen LogP contribution in [-0.2, 0) is 34.2 Å². The van der Waals surface area contributed by atoms with Gasteiger partial charge in [0.2, 0.25) is 10.0 Å². The van der Waals surface area contributed by atoms with E-state index in [2.05, 4.69) is 5.32 Å². The Morgan fingerprint density at radius 2 is 2.03 bits per heavy atom. The molecule has 0 aliphatic carbocycles. The number of nitrogens with zero attached hydrogens (tertiary/aromatic N) is 2. The predicted molar refractivity (Wildman–Crippen MR) is 113 cm³/mol. The van der Waals surface area contributed by atoms with E-state index in [9.17, 15) is 36.5 Å². The number of ether oxygens (including phenoxy) is 1. The topological polar surface area (TPSA) is 182 Å². The van der Waals surface area contributed by atoms with Crippen molar-refractivity contribution in [3.05, 3.63) is 28.3 Å². The quantitative estimate of drug-likeness (QED) is 0.245. The lowest BCUT2D eigenvalue weighted by Crippen LogP contribution is -2.43. The smallest absolute Gasteiger partial charge is 0.321 e. The summed E-state index contributed by atoms with van der Waals surface area (Å²) < 4.78 is 54.7. The van der Waals surface area contributed by atoms with Crippen molar-refractivity contribution in [3.63, 3.8) is 0 Å². The van der Waals surface area contributed by atoms with Crippen LogP contribution in [0.3, 0.4) is 0 Å². The molecular formula is C17H24N4O9S2.